The van der Waals surface area contributed by atoms with Crippen molar-refractivity contribution >= 4 is 28.2 Å². The number of piperazine rings is 1. The molecule has 0 spiro atoms. The van der Waals surface area contributed by atoms with Crippen molar-refractivity contribution < 1.29 is 13.5 Å². The van der Waals surface area contributed by atoms with Gasteiger partial charge in [0.25, 0.3) is 6.02 Å². The van der Waals surface area contributed by atoms with Crippen molar-refractivity contribution in [3.8, 4) is 0 Å². The third kappa shape index (κ3) is 5.03. The van der Waals surface area contributed by atoms with E-state index in [1.54, 1.807) is 18.4 Å². The first-order valence-electron chi connectivity index (χ1n) is 12.0. The van der Waals surface area contributed by atoms with E-state index in [2.05, 4.69) is 41.8 Å². The molecule has 8 heteroatoms. The van der Waals surface area contributed by atoms with Gasteiger partial charge >= 0.3 is 0 Å². The Morgan fingerprint density at radius 1 is 1.09 bits per heavy atom. The molecule has 5 nitrogen and oxygen atoms in total. The number of thiazole rings is 1. The molecule has 1 aliphatic carbocycles. The Balaban J connectivity index is 1.20. The van der Waals surface area contributed by atoms with Gasteiger partial charge in [0.05, 0.1) is 18.5 Å². The first-order chi connectivity index (χ1) is 16.9. The Hall–Kier alpha value is -3.00. The monoisotopic (exact) mass is 496 g/mol. The normalized spacial score (nSPS) is 18.2. The molecule has 0 radical (unpaired) electrons. The van der Waals surface area contributed by atoms with Gasteiger partial charge < -0.3 is 14.5 Å². The van der Waals surface area contributed by atoms with E-state index in [1.807, 2.05) is 0 Å². The van der Waals surface area contributed by atoms with Crippen LogP contribution >= 0.6 is 11.3 Å². The van der Waals surface area contributed by atoms with Crippen LogP contribution in [-0.4, -0.2) is 49.2 Å². The Kier molecular flexibility index (Phi) is 6.73. The van der Waals surface area contributed by atoms with Crippen molar-refractivity contribution in [2.75, 3.05) is 38.2 Å². The number of amidine groups is 1. The van der Waals surface area contributed by atoms with Gasteiger partial charge in [0.15, 0.2) is 5.13 Å². The number of nitrogens with zero attached hydrogens (tertiary/aromatic N) is 4. The maximum atomic E-state index is 14.1. The molecule has 1 fully saturated rings. The third-order valence-electron chi connectivity index (χ3n) is 6.86. The molecule has 1 unspecified atom stereocenters. The summed E-state index contributed by atoms with van der Waals surface area (Å²) in [6.07, 6.45) is 2.02. The summed E-state index contributed by atoms with van der Waals surface area (Å²) in [5.74, 6) is -0.710. The highest BCUT2D eigenvalue weighted by Gasteiger charge is 2.30. The lowest BCUT2D eigenvalue weighted by Crippen LogP contribution is -2.49. The predicted molar refractivity (Wildman–Crippen MR) is 137 cm³/mol. The largest absolute Gasteiger partial charge is 0.468 e. The SMILES string of the molecule is COC(=Nc1cc(C)ccc1C)N1CCN(c2nc3c(s2)CC(Cc2c(F)cccc2F)C3)CC1. The summed E-state index contributed by atoms with van der Waals surface area (Å²) in [5.41, 5.74) is 4.51. The zero-order valence-corrected chi connectivity index (χ0v) is 21.2. The zero-order valence-electron chi connectivity index (χ0n) is 20.4. The highest BCUT2D eigenvalue weighted by Crippen LogP contribution is 2.37. The van der Waals surface area contributed by atoms with Gasteiger partial charge in [-0.3, -0.25) is 0 Å². The minimum atomic E-state index is -0.455. The van der Waals surface area contributed by atoms with Crippen LogP contribution in [0.3, 0.4) is 0 Å². The molecule has 2 aromatic carbocycles. The fraction of sp³-hybridized carbons (Fsp3) is 0.407. The summed E-state index contributed by atoms with van der Waals surface area (Å²) in [4.78, 5) is 15.4. The number of aryl methyl sites for hydroxylation is 2. The maximum Gasteiger partial charge on any atom is 0.292 e. The van der Waals surface area contributed by atoms with E-state index < -0.39 is 11.6 Å². The summed E-state index contributed by atoms with van der Waals surface area (Å²) in [6.45, 7) is 7.41. The van der Waals surface area contributed by atoms with Crippen LogP contribution < -0.4 is 4.90 Å². The van der Waals surface area contributed by atoms with E-state index >= 15 is 0 Å². The molecule has 1 atom stereocenters. The first kappa shape index (κ1) is 23.7. The molecule has 0 saturated carbocycles. The topological polar surface area (TPSA) is 41.0 Å². The Morgan fingerprint density at radius 2 is 1.83 bits per heavy atom. The third-order valence-corrected chi connectivity index (χ3v) is 8.04. The number of aromatic nitrogens is 1. The minimum Gasteiger partial charge on any atom is -0.468 e. The van der Waals surface area contributed by atoms with E-state index in [0.29, 0.717) is 12.4 Å². The lowest BCUT2D eigenvalue weighted by molar-refractivity contribution is 0.271. The van der Waals surface area contributed by atoms with Gasteiger partial charge in [-0.25, -0.2) is 13.8 Å². The summed E-state index contributed by atoms with van der Waals surface area (Å²) in [7, 11) is 1.67. The van der Waals surface area contributed by atoms with Crippen molar-refractivity contribution in [2.45, 2.75) is 33.1 Å². The van der Waals surface area contributed by atoms with E-state index in [-0.39, 0.29) is 11.5 Å². The Bertz CT molecular complexity index is 1210. The second-order valence-electron chi connectivity index (χ2n) is 9.41. The van der Waals surface area contributed by atoms with E-state index in [4.69, 9.17) is 14.7 Å². The van der Waals surface area contributed by atoms with Crippen LogP contribution in [0.25, 0.3) is 0 Å². The van der Waals surface area contributed by atoms with Crippen molar-refractivity contribution in [3.63, 3.8) is 0 Å². The molecule has 3 aromatic rings. The molecule has 0 N–H and O–H groups in total. The van der Waals surface area contributed by atoms with Crippen LogP contribution in [0.2, 0.25) is 0 Å². The van der Waals surface area contributed by atoms with Crippen LogP contribution in [0.15, 0.2) is 41.4 Å². The van der Waals surface area contributed by atoms with Crippen molar-refractivity contribution in [2.24, 2.45) is 10.9 Å². The number of ether oxygens (including phenoxy) is 1. The second-order valence-corrected chi connectivity index (χ2v) is 10.5. The number of rotatable bonds is 4. The van der Waals surface area contributed by atoms with Gasteiger partial charge in [-0.15, -0.1) is 11.3 Å². The molecular weight excluding hydrogens is 466 g/mol. The number of methoxy groups -OCH3 is 1. The summed E-state index contributed by atoms with van der Waals surface area (Å²) in [6, 6.07) is 11.0. The lowest BCUT2D eigenvalue weighted by atomic mass is 9.97. The minimum absolute atomic E-state index is 0.195. The highest BCUT2D eigenvalue weighted by molar-refractivity contribution is 7.15. The van der Waals surface area contributed by atoms with Crippen LogP contribution in [0.4, 0.5) is 19.6 Å². The van der Waals surface area contributed by atoms with Crippen molar-refractivity contribution in [1.82, 2.24) is 9.88 Å². The zero-order chi connectivity index (χ0) is 24.5. The number of hydrogen-bond donors (Lipinski definition) is 0. The van der Waals surface area contributed by atoms with Gasteiger partial charge in [0.1, 0.15) is 11.6 Å². The predicted octanol–water partition coefficient (Wildman–Crippen LogP) is 5.45. The smallest absolute Gasteiger partial charge is 0.292 e. The average Bonchev–Trinajstić information content (AvgIpc) is 3.41. The van der Waals surface area contributed by atoms with Gasteiger partial charge in [-0.2, -0.15) is 4.99 Å². The first-order valence-corrected chi connectivity index (χ1v) is 12.8. The number of anilines is 1. The Labute approximate surface area is 209 Å². The molecule has 2 heterocycles. The van der Waals surface area contributed by atoms with Gasteiger partial charge in [-0.1, -0.05) is 18.2 Å². The van der Waals surface area contributed by atoms with E-state index in [1.165, 1.54) is 28.6 Å². The standard InChI is InChI=1S/C27H30F2N4OS/c1-17-7-8-18(2)23(13-17)30-26(34-3)32-9-11-33(12-10-32)27-31-24-15-19(16-25(24)35-27)14-20-21(28)5-4-6-22(20)29/h4-8,13,19H,9-12,14-16H2,1-3H3. The van der Waals surface area contributed by atoms with Crippen LogP contribution in [0, 0.1) is 31.4 Å². The number of benzene rings is 2. The number of halogens is 2. The molecule has 0 bridgehead atoms. The van der Waals surface area contributed by atoms with Crippen LogP contribution in [0.1, 0.15) is 27.3 Å². The summed E-state index contributed by atoms with van der Waals surface area (Å²) in [5, 5.41) is 1.04. The molecule has 1 aromatic heterocycles. The van der Waals surface area contributed by atoms with E-state index in [9.17, 15) is 8.78 Å². The average molecular weight is 497 g/mol. The Morgan fingerprint density at radius 3 is 2.51 bits per heavy atom. The number of hydrogen-bond acceptors (Lipinski definition) is 5. The molecular formula is C27H30F2N4OS. The molecule has 0 amide bonds. The number of fused-ring (bicyclic) bond motifs is 1. The quantitative estimate of drug-likeness (QED) is 0.356. The second kappa shape index (κ2) is 9.93. The molecule has 1 aliphatic heterocycles. The molecule has 1 saturated heterocycles. The lowest BCUT2D eigenvalue weighted by Gasteiger charge is -2.35. The molecule has 2 aliphatic rings. The van der Waals surface area contributed by atoms with Crippen molar-refractivity contribution in [1.29, 1.82) is 0 Å². The highest BCUT2D eigenvalue weighted by atomic mass is 32.1. The molecule has 184 valence electrons. The summed E-state index contributed by atoms with van der Waals surface area (Å²) >= 11 is 1.72. The maximum absolute atomic E-state index is 14.1. The fourth-order valence-electron chi connectivity index (χ4n) is 4.87. The van der Waals surface area contributed by atoms with Gasteiger partial charge in [-0.05, 0) is 68.4 Å². The van der Waals surface area contributed by atoms with E-state index in [0.717, 1.165) is 61.1 Å². The molecule has 35 heavy (non-hydrogen) atoms. The van der Waals surface area contributed by atoms with Gasteiger partial charge in [0, 0.05) is 36.6 Å². The summed E-state index contributed by atoms with van der Waals surface area (Å²) < 4.78 is 33.8. The molecule has 5 rings (SSSR count). The fourth-order valence-corrected chi connectivity index (χ4v) is 6.12. The number of aliphatic imine (C=N–C) groups is 1. The van der Waals surface area contributed by atoms with Crippen molar-refractivity contribution in [3.05, 3.63) is 75.3 Å². The van der Waals surface area contributed by atoms with Crippen LogP contribution in [0.5, 0.6) is 0 Å². The van der Waals surface area contributed by atoms with Gasteiger partial charge in [0.2, 0.25) is 0 Å². The van der Waals surface area contributed by atoms with Crippen LogP contribution in [-0.2, 0) is 24.0 Å².